The summed E-state index contributed by atoms with van der Waals surface area (Å²) in [6.07, 6.45) is 6.96. The molecule has 158 valence electrons. The molecular weight excluding hydrogens is 442 g/mol. The zero-order valence-electron chi connectivity index (χ0n) is 17.1. The van der Waals surface area contributed by atoms with Crippen LogP contribution in [0.5, 0.6) is 5.75 Å². The third kappa shape index (κ3) is 3.08. The summed E-state index contributed by atoms with van der Waals surface area (Å²) in [5, 5.41) is 8.67. The van der Waals surface area contributed by atoms with Crippen LogP contribution in [-0.2, 0) is 0 Å². The van der Waals surface area contributed by atoms with Crippen LogP contribution in [0.15, 0.2) is 83.8 Å². The van der Waals surface area contributed by atoms with Crippen molar-refractivity contribution in [3.8, 4) is 5.75 Å². The molecule has 32 heavy (non-hydrogen) atoms. The lowest BCUT2D eigenvalue weighted by molar-refractivity contribution is 0.223. The lowest BCUT2D eigenvalue weighted by Gasteiger charge is -2.38. The van der Waals surface area contributed by atoms with Crippen LogP contribution in [0.4, 0.5) is 5.95 Å². The van der Waals surface area contributed by atoms with Gasteiger partial charge in [-0.1, -0.05) is 29.8 Å². The van der Waals surface area contributed by atoms with E-state index in [0.29, 0.717) is 11.0 Å². The summed E-state index contributed by atoms with van der Waals surface area (Å²) in [7, 11) is 0. The van der Waals surface area contributed by atoms with Crippen molar-refractivity contribution in [1.82, 2.24) is 19.7 Å². The van der Waals surface area contributed by atoms with Crippen molar-refractivity contribution in [2.75, 3.05) is 11.6 Å². The van der Waals surface area contributed by atoms with Crippen molar-refractivity contribution < 1.29 is 4.74 Å². The van der Waals surface area contributed by atoms with Gasteiger partial charge in [-0.15, -0.1) is 11.8 Å². The maximum atomic E-state index is 6.61. The largest absolute Gasteiger partial charge is 0.480 e. The minimum atomic E-state index is -0.315. The minimum Gasteiger partial charge on any atom is -0.480 e. The number of anilines is 1. The number of nitrogens with zero attached hydrogens (tertiary/aromatic N) is 4. The van der Waals surface area contributed by atoms with Crippen LogP contribution in [0, 0.1) is 0 Å². The highest BCUT2D eigenvalue weighted by molar-refractivity contribution is 7.98. The summed E-state index contributed by atoms with van der Waals surface area (Å²) in [5.41, 5.74) is 4.97. The van der Waals surface area contributed by atoms with Gasteiger partial charge in [-0.05, 0) is 53.8 Å². The van der Waals surface area contributed by atoms with E-state index in [1.54, 1.807) is 24.3 Å². The Bertz CT molecular complexity index is 1340. The fraction of sp³-hybridized carbons (Fsp3) is 0.125. The zero-order chi connectivity index (χ0) is 21.7. The standard InChI is InChI=1S/C24H18ClN5OS/c1-32-17-7-4-14(5-8-17)23-20-21(18-11-16(25)6-9-19(18)31-23)29-24-27-13-28-30(24)22(20)15-3-2-10-26-12-15/h2-13,22-23H,1H3,(H,27,28,29)/t22-,23+/m0/s1. The van der Waals surface area contributed by atoms with E-state index >= 15 is 0 Å². The number of thioether (sulfide) groups is 1. The first-order chi connectivity index (χ1) is 15.7. The van der Waals surface area contributed by atoms with E-state index in [4.69, 9.17) is 16.3 Å². The maximum Gasteiger partial charge on any atom is 0.226 e. The number of halogens is 1. The first-order valence-corrected chi connectivity index (χ1v) is 11.7. The number of nitrogens with one attached hydrogen (secondary N) is 1. The summed E-state index contributed by atoms with van der Waals surface area (Å²) >= 11 is 8.09. The molecule has 0 amide bonds. The fourth-order valence-electron chi connectivity index (χ4n) is 4.35. The summed E-state index contributed by atoms with van der Waals surface area (Å²) in [6.45, 7) is 0. The smallest absolute Gasteiger partial charge is 0.226 e. The number of benzene rings is 2. The number of hydrogen-bond donors (Lipinski definition) is 1. The van der Waals surface area contributed by atoms with E-state index in [1.807, 2.05) is 35.1 Å². The van der Waals surface area contributed by atoms with E-state index in [0.717, 1.165) is 33.7 Å². The van der Waals surface area contributed by atoms with E-state index < -0.39 is 0 Å². The van der Waals surface area contributed by atoms with E-state index in [-0.39, 0.29) is 12.1 Å². The zero-order valence-corrected chi connectivity index (χ0v) is 18.6. The molecule has 4 aromatic rings. The highest BCUT2D eigenvalue weighted by Gasteiger charge is 2.41. The summed E-state index contributed by atoms with van der Waals surface area (Å²) in [4.78, 5) is 10.0. The van der Waals surface area contributed by atoms with Crippen LogP contribution >= 0.6 is 23.4 Å². The molecule has 2 aromatic heterocycles. The van der Waals surface area contributed by atoms with Gasteiger partial charge in [0.1, 0.15) is 24.2 Å². The first kappa shape index (κ1) is 19.4. The molecule has 4 heterocycles. The Morgan fingerprint density at radius 3 is 2.75 bits per heavy atom. The van der Waals surface area contributed by atoms with Crippen molar-refractivity contribution in [3.63, 3.8) is 0 Å². The second-order valence-electron chi connectivity index (χ2n) is 7.58. The second kappa shape index (κ2) is 7.69. The van der Waals surface area contributed by atoms with Crippen LogP contribution in [0.25, 0.3) is 5.70 Å². The quantitative estimate of drug-likeness (QED) is 0.402. The van der Waals surface area contributed by atoms with Crippen molar-refractivity contribution in [3.05, 3.63) is 101 Å². The molecule has 0 unspecified atom stereocenters. The highest BCUT2D eigenvalue weighted by atomic mass is 35.5. The Balaban J connectivity index is 1.61. The topological polar surface area (TPSA) is 64.9 Å². The molecule has 2 aliphatic rings. The van der Waals surface area contributed by atoms with Gasteiger partial charge in [-0.2, -0.15) is 10.1 Å². The molecule has 0 bridgehead atoms. The van der Waals surface area contributed by atoms with Crippen LogP contribution < -0.4 is 10.1 Å². The molecule has 0 fully saturated rings. The van der Waals surface area contributed by atoms with Crippen LogP contribution in [0.2, 0.25) is 5.02 Å². The lowest BCUT2D eigenvalue weighted by atomic mass is 9.85. The monoisotopic (exact) mass is 459 g/mol. The third-order valence-electron chi connectivity index (χ3n) is 5.79. The summed E-state index contributed by atoms with van der Waals surface area (Å²) in [5.74, 6) is 1.44. The molecule has 6 rings (SSSR count). The molecule has 0 spiro atoms. The predicted octanol–water partition coefficient (Wildman–Crippen LogP) is 5.61. The molecule has 1 N–H and O–H groups in total. The Kier molecular flexibility index (Phi) is 4.66. The molecule has 2 aliphatic heterocycles. The van der Waals surface area contributed by atoms with Gasteiger partial charge in [0.15, 0.2) is 0 Å². The van der Waals surface area contributed by atoms with Gasteiger partial charge in [0.2, 0.25) is 5.95 Å². The molecule has 6 nitrogen and oxygen atoms in total. The van der Waals surface area contributed by atoms with Crippen LogP contribution in [0.3, 0.4) is 0 Å². The van der Waals surface area contributed by atoms with E-state index in [1.165, 1.54) is 4.90 Å². The van der Waals surface area contributed by atoms with Gasteiger partial charge in [0.25, 0.3) is 0 Å². The Morgan fingerprint density at radius 2 is 1.97 bits per heavy atom. The minimum absolute atomic E-state index is 0.227. The van der Waals surface area contributed by atoms with Crippen LogP contribution in [0.1, 0.15) is 28.8 Å². The van der Waals surface area contributed by atoms with Crippen molar-refractivity contribution >= 4 is 35.0 Å². The number of pyridine rings is 1. The molecular formula is C24H18ClN5OS. The van der Waals surface area contributed by atoms with Gasteiger partial charge < -0.3 is 10.1 Å². The Morgan fingerprint density at radius 1 is 1.09 bits per heavy atom. The Hall–Kier alpha value is -3.29. The van der Waals surface area contributed by atoms with Crippen molar-refractivity contribution in [2.45, 2.75) is 17.0 Å². The molecule has 0 saturated heterocycles. The normalized spacial score (nSPS) is 18.8. The van der Waals surface area contributed by atoms with Gasteiger partial charge in [0.05, 0.1) is 5.70 Å². The van der Waals surface area contributed by atoms with Crippen molar-refractivity contribution in [1.29, 1.82) is 0 Å². The number of ether oxygens (including phenoxy) is 1. The number of aromatic nitrogens is 4. The van der Waals surface area contributed by atoms with Gasteiger partial charge in [0, 0.05) is 33.4 Å². The summed E-state index contributed by atoms with van der Waals surface area (Å²) < 4.78 is 8.50. The van der Waals surface area contributed by atoms with Gasteiger partial charge in [-0.3, -0.25) is 4.98 Å². The fourth-order valence-corrected chi connectivity index (χ4v) is 4.93. The summed E-state index contributed by atoms with van der Waals surface area (Å²) in [6, 6.07) is 18.0. The van der Waals surface area contributed by atoms with Crippen molar-refractivity contribution in [2.24, 2.45) is 0 Å². The maximum absolute atomic E-state index is 6.61. The van der Waals surface area contributed by atoms with Gasteiger partial charge >= 0.3 is 0 Å². The molecule has 0 radical (unpaired) electrons. The van der Waals surface area contributed by atoms with E-state index in [9.17, 15) is 0 Å². The molecule has 0 aliphatic carbocycles. The van der Waals surface area contributed by atoms with Crippen LogP contribution in [-0.4, -0.2) is 26.0 Å². The lowest BCUT2D eigenvalue weighted by Crippen LogP contribution is -2.32. The first-order valence-electron chi connectivity index (χ1n) is 10.1. The molecule has 2 atom stereocenters. The number of rotatable bonds is 3. The number of hydrogen-bond acceptors (Lipinski definition) is 6. The third-order valence-corrected chi connectivity index (χ3v) is 6.77. The average molecular weight is 460 g/mol. The molecule has 8 heteroatoms. The second-order valence-corrected chi connectivity index (χ2v) is 8.90. The van der Waals surface area contributed by atoms with Gasteiger partial charge in [-0.25, -0.2) is 4.68 Å². The van der Waals surface area contributed by atoms with E-state index in [2.05, 4.69) is 57.0 Å². The molecule has 2 aromatic carbocycles. The number of fused-ring (bicyclic) bond motifs is 3. The SMILES string of the molecule is CSc1ccc([C@H]2Oc3ccc(Cl)cc3C3=C2[C@H](c2cccnc2)n2ncnc2N3)cc1. The molecule has 0 saturated carbocycles. The Labute approximate surface area is 194 Å². The highest BCUT2D eigenvalue weighted by Crippen LogP contribution is 2.50. The average Bonchev–Trinajstić information content (AvgIpc) is 3.31. The predicted molar refractivity (Wildman–Crippen MR) is 126 cm³/mol.